The van der Waals surface area contributed by atoms with Crippen LogP contribution in [0.3, 0.4) is 0 Å². The number of hydrogen-bond donors (Lipinski definition) is 0. The van der Waals surface area contributed by atoms with E-state index in [4.69, 9.17) is 25.5 Å². The monoisotopic (exact) mass is 464 g/mol. The number of halogens is 2. The van der Waals surface area contributed by atoms with Gasteiger partial charge in [0.2, 0.25) is 0 Å². The summed E-state index contributed by atoms with van der Waals surface area (Å²) in [4.78, 5) is 7.10. The quantitative estimate of drug-likeness (QED) is 0.488. The molecule has 7 heteroatoms. The van der Waals surface area contributed by atoms with Gasteiger partial charge >= 0.3 is 0 Å². The van der Waals surface area contributed by atoms with E-state index in [2.05, 4.69) is 31.9 Å². The van der Waals surface area contributed by atoms with Crippen LogP contribution in [0.2, 0.25) is 5.02 Å². The van der Waals surface area contributed by atoms with Gasteiger partial charge in [0.25, 0.3) is 0 Å². The number of aromatic nitrogens is 1. The predicted molar refractivity (Wildman–Crippen MR) is 114 cm³/mol. The Labute approximate surface area is 177 Å². The Morgan fingerprint density at radius 1 is 1.18 bits per heavy atom. The van der Waals surface area contributed by atoms with Crippen molar-refractivity contribution in [1.82, 2.24) is 9.88 Å². The minimum absolute atomic E-state index is 0.344. The summed E-state index contributed by atoms with van der Waals surface area (Å²) in [5, 5.41) is 0.683. The fourth-order valence-electron chi connectivity index (χ4n) is 3.72. The number of rotatable bonds is 5. The Hall–Kier alpha value is -1.76. The van der Waals surface area contributed by atoms with Gasteiger partial charge in [-0.05, 0) is 71.7 Å². The van der Waals surface area contributed by atoms with E-state index in [0.29, 0.717) is 10.9 Å². The number of benzene rings is 2. The lowest BCUT2D eigenvalue weighted by atomic mass is 9.96. The molecule has 1 aliphatic rings. The topological polar surface area (TPSA) is 47.7 Å². The van der Waals surface area contributed by atoms with Gasteiger partial charge in [0.1, 0.15) is 5.52 Å². The van der Waals surface area contributed by atoms with Crippen molar-refractivity contribution in [3.8, 4) is 11.5 Å². The molecule has 1 aliphatic heterocycles. The van der Waals surface area contributed by atoms with Crippen molar-refractivity contribution in [3.05, 3.63) is 51.3 Å². The second-order valence-corrected chi connectivity index (χ2v) is 8.22. The van der Waals surface area contributed by atoms with Crippen LogP contribution in [0.5, 0.6) is 11.5 Å². The van der Waals surface area contributed by atoms with Crippen molar-refractivity contribution >= 4 is 38.6 Å². The number of methoxy groups -OCH3 is 2. The van der Waals surface area contributed by atoms with E-state index < -0.39 is 0 Å². The van der Waals surface area contributed by atoms with E-state index in [0.717, 1.165) is 65.4 Å². The Kier molecular flexibility index (Phi) is 5.80. The Bertz CT molecular complexity index is 983. The fraction of sp³-hybridized carbons (Fsp3) is 0.381. The molecular formula is C21H22BrClN2O3. The molecule has 2 heterocycles. The highest BCUT2D eigenvalue weighted by atomic mass is 79.9. The molecule has 5 nitrogen and oxygen atoms in total. The zero-order chi connectivity index (χ0) is 19.7. The van der Waals surface area contributed by atoms with Crippen LogP contribution in [0.4, 0.5) is 0 Å². The Morgan fingerprint density at radius 3 is 2.68 bits per heavy atom. The smallest absolute Gasteiger partial charge is 0.198 e. The summed E-state index contributed by atoms with van der Waals surface area (Å²) < 4.78 is 17.8. The van der Waals surface area contributed by atoms with Crippen molar-refractivity contribution in [3.63, 3.8) is 0 Å². The van der Waals surface area contributed by atoms with Crippen LogP contribution in [0.15, 0.2) is 39.2 Å². The molecular weight excluding hydrogens is 444 g/mol. The maximum atomic E-state index is 6.05. The largest absolute Gasteiger partial charge is 0.493 e. The zero-order valence-corrected chi connectivity index (χ0v) is 18.2. The molecule has 0 spiro atoms. The molecule has 28 heavy (non-hydrogen) atoms. The molecule has 0 aliphatic carbocycles. The SMILES string of the molecule is COc1ccc(CN2CCC(c3nc4cc(Cl)ccc4o3)CC2)c(Br)c1OC. The summed E-state index contributed by atoms with van der Waals surface area (Å²) in [5.41, 5.74) is 2.82. The summed E-state index contributed by atoms with van der Waals surface area (Å²) in [7, 11) is 3.31. The third-order valence-electron chi connectivity index (χ3n) is 5.26. The molecule has 1 aromatic heterocycles. The number of fused-ring (bicyclic) bond motifs is 1. The van der Waals surface area contributed by atoms with Gasteiger partial charge in [-0.2, -0.15) is 0 Å². The number of hydrogen-bond acceptors (Lipinski definition) is 5. The maximum absolute atomic E-state index is 6.05. The second-order valence-electron chi connectivity index (χ2n) is 6.99. The van der Waals surface area contributed by atoms with Gasteiger partial charge in [0.15, 0.2) is 23.0 Å². The summed E-state index contributed by atoms with van der Waals surface area (Å²) >= 11 is 9.72. The molecule has 148 valence electrons. The predicted octanol–water partition coefficient (Wildman–Crippen LogP) is 5.64. The van der Waals surface area contributed by atoms with E-state index in [-0.39, 0.29) is 0 Å². The van der Waals surface area contributed by atoms with E-state index in [1.54, 1.807) is 14.2 Å². The zero-order valence-electron chi connectivity index (χ0n) is 15.9. The molecule has 1 fully saturated rings. The summed E-state index contributed by atoms with van der Waals surface area (Å²) in [6, 6.07) is 9.62. The normalized spacial score (nSPS) is 15.9. The molecule has 3 aromatic rings. The standard InChI is InChI=1S/C21H22BrClN2O3/c1-26-18-5-3-14(19(22)20(18)27-2)12-25-9-7-13(8-10-25)21-24-16-11-15(23)4-6-17(16)28-21/h3-6,11,13H,7-10,12H2,1-2H3. The van der Waals surface area contributed by atoms with Crippen molar-refractivity contribution in [2.75, 3.05) is 27.3 Å². The molecule has 0 N–H and O–H groups in total. The summed E-state index contributed by atoms with van der Waals surface area (Å²) in [5.74, 6) is 2.63. The Morgan fingerprint density at radius 2 is 1.96 bits per heavy atom. The van der Waals surface area contributed by atoms with Crippen molar-refractivity contribution < 1.29 is 13.9 Å². The first-order valence-electron chi connectivity index (χ1n) is 9.26. The molecule has 4 rings (SSSR count). The van der Waals surface area contributed by atoms with Gasteiger partial charge in [-0.25, -0.2) is 4.98 Å². The van der Waals surface area contributed by atoms with E-state index in [1.165, 1.54) is 5.56 Å². The lowest BCUT2D eigenvalue weighted by Gasteiger charge is -2.31. The van der Waals surface area contributed by atoms with Crippen molar-refractivity contribution in [1.29, 1.82) is 0 Å². The number of piperidine rings is 1. The van der Waals surface area contributed by atoms with Gasteiger partial charge in [0, 0.05) is 17.5 Å². The third-order valence-corrected chi connectivity index (χ3v) is 6.37. The lowest BCUT2D eigenvalue weighted by molar-refractivity contribution is 0.193. The number of nitrogens with zero attached hydrogens (tertiary/aromatic N) is 2. The summed E-state index contributed by atoms with van der Waals surface area (Å²) in [6.45, 7) is 2.84. The van der Waals surface area contributed by atoms with Crippen LogP contribution in [-0.2, 0) is 6.54 Å². The van der Waals surface area contributed by atoms with Crippen LogP contribution in [-0.4, -0.2) is 37.2 Å². The fourth-order valence-corrected chi connectivity index (χ4v) is 4.51. The minimum atomic E-state index is 0.344. The first-order valence-corrected chi connectivity index (χ1v) is 10.4. The van der Waals surface area contributed by atoms with Gasteiger partial charge in [-0.15, -0.1) is 0 Å². The molecule has 0 bridgehead atoms. The number of likely N-dealkylation sites (tertiary alicyclic amines) is 1. The van der Waals surface area contributed by atoms with Crippen LogP contribution < -0.4 is 9.47 Å². The second kappa shape index (κ2) is 8.31. The van der Waals surface area contributed by atoms with Crippen LogP contribution in [0.1, 0.15) is 30.2 Å². The third kappa shape index (κ3) is 3.86. The van der Waals surface area contributed by atoms with Gasteiger partial charge in [-0.1, -0.05) is 17.7 Å². The average Bonchev–Trinajstić information content (AvgIpc) is 3.13. The highest BCUT2D eigenvalue weighted by Crippen LogP contribution is 2.38. The van der Waals surface area contributed by atoms with Crippen molar-refractivity contribution in [2.45, 2.75) is 25.3 Å². The van der Waals surface area contributed by atoms with Crippen LogP contribution >= 0.6 is 27.5 Å². The average molecular weight is 466 g/mol. The van der Waals surface area contributed by atoms with E-state index in [1.807, 2.05) is 24.3 Å². The molecule has 0 amide bonds. The Balaban J connectivity index is 1.43. The van der Waals surface area contributed by atoms with Gasteiger partial charge in [0.05, 0.1) is 18.7 Å². The highest BCUT2D eigenvalue weighted by Gasteiger charge is 2.25. The number of oxazole rings is 1. The molecule has 0 saturated carbocycles. The lowest BCUT2D eigenvalue weighted by Crippen LogP contribution is -2.32. The van der Waals surface area contributed by atoms with Gasteiger partial charge in [-0.3, -0.25) is 4.90 Å². The van der Waals surface area contributed by atoms with E-state index in [9.17, 15) is 0 Å². The molecule has 0 atom stereocenters. The maximum Gasteiger partial charge on any atom is 0.198 e. The first kappa shape index (κ1) is 19.6. The molecule has 0 radical (unpaired) electrons. The van der Waals surface area contributed by atoms with Crippen LogP contribution in [0, 0.1) is 0 Å². The van der Waals surface area contributed by atoms with E-state index >= 15 is 0 Å². The highest BCUT2D eigenvalue weighted by molar-refractivity contribution is 9.10. The minimum Gasteiger partial charge on any atom is -0.493 e. The molecule has 0 unspecified atom stereocenters. The van der Waals surface area contributed by atoms with Crippen LogP contribution in [0.25, 0.3) is 11.1 Å². The first-order chi connectivity index (χ1) is 13.6. The molecule has 2 aromatic carbocycles. The molecule has 1 saturated heterocycles. The summed E-state index contributed by atoms with van der Waals surface area (Å²) in [6.07, 6.45) is 2.04. The van der Waals surface area contributed by atoms with Gasteiger partial charge < -0.3 is 13.9 Å². The number of ether oxygens (including phenoxy) is 2. The van der Waals surface area contributed by atoms with Crippen molar-refractivity contribution in [2.24, 2.45) is 0 Å².